The van der Waals surface area contributed by atoms with E-state index in [1.54, 1.807) is 19.9 Å². The lowest BCUT2D eigenvalue weighted by Crippen LogP contribution is -2.16. The van der Waals surface area contributed by atoms with Crippen LogP contribution in [0.25, 0.3) is 0 Å². The number of hydrogen-bond acceptors (Lipinski definition) is 10. The van der Waals surface area contributed by atoms with Crippen molar-refractivity contribution in [1.82, 2.24) is 19.9 Å². The van der Waals surface area contributed by atoms with Gasteiger partial charge < -0.3 is 15.5 Å². The number of aromatic nitrogens is 4. The maximum Gasteiger partial charge on any atom is 0.264 e. The second-order valence-electron chi connectivity index (χ2n) is 6.31. The number of anilines is 2. The predicted octanol–water partition coefficient (Wildman–Crippen LogP) is 1.83. The van der Waals surface area contributed by atoms with Gasteiger partial charge in [-0.1, -0.05) is 11.8 Å². The van der Waals surface area contributed by atoms with Crippen LogP contribution in [0, 0.1) is 13.8 Å². The van der Waals surface area contributed by atoms with Gasteiger partial charge >= 0.3 is 0 Å². The van der Waals surface area contributed by atoms with Crippen LogP contribution in [0.5, 0.6) is 11.8 Å². The van der Waals surface area contributed by atoms with Gasteiger partial charge in [0.1, 0.15) is 0 Å². The normalized spacial score (nSPS) is 11.2. The second-order valence-corrected chi connectivity index (χ2v) is 8.93. The van der Waals surface area contributed by atoms with Crippen molar-refractivity contribution in [3.8, 4) is 11.8 Å². The molecule has 3 rings (SSSR count). The van der Waals surface area contributed by atoms with E-state index in [1.165, 1.54) is 24.3 Å². The van der Waals surface area contributed by atoms with Gasteiger partial charge in [0.15, 0.2) is 5.16 Å². The number of sulfonamides is 1. The Morgan fingerprint density at radius 2 is 1.55 bits per heavy atom. The van der Waals surface area contributed by atoms with Gasteiger partial charge in [-0.2, -0.15) is 9.97 Å². The second kappa shape index (κ2) is 9.14. The Kier molecular flexibility index (Phi) is 6.56. The highest BCUT2D eigenvalue weighted by Crippen LogP contribution is 2.21. The van der Waals surface area contributed by atoms with Crippen LogP contribution >= 0.6 is 11.8 Å². The quantitative estimate of drug-likeness (QED) is 0.300. The van der Waals surface area contributed by atoms with Crippen molar-refractivity contribution in [3.63, 3.8) is 0 Å². The van der Waals surface area contributed by atoms with Crippen molar-refractivity contribution in [2.75, 3.05) is 15.8 Å². The Morgan fingerprint density at radius 3 is 2.13 bits per heavy atom. The number of carbonyl (C=O) groups excluding carboxylic acids is 1. The molecular formula is C18H18N6O5S2. The molecule has 1 aromatic carbocycles. The molecule has 0 aliphatic carbocycles. The van der Waals surface area contributed by atoms with Crippen LogP contribution in [0.2, 0.25) is 0 Å². The summed E-state index contributed by atoms with van der Waals surface area (Å²) in [5.74, 6) is -1.34. The lowest BCUT2D eigenvalue weighted by Gasteiger charge is -2.09. The largest absolute Gasteiger partial charge is 0.493 e. The summed E-state index contributed by atoms with van der Waals surface area (Å²) in [6.07, 6.45) is 0. The maximum absolute atomic E-state index is 12.5. The Bertz CT molecular complexity index is 1180. The van der Waals surface area contributed by atoms with Gasteiger partial charge in [-0.25, -0.2) is 23.1 Å². The van der Waals surface area contributed by atoms with E-state index < -0.39 is 27.7 Å². The molecule has 0 fully saturated rings. The van der Waals surface area contributed by atoms with Crippen LogP contribution < -0.4 is 10.0 Å². The minimum absolute atomic E-state index is 0.0212. The number of thioether (sulfide) groups is 1. The molecule has 0 radical (unpaired) electrons. The zero-order valence-electron chi connectivity index (χ0n) is 16.4. The van der Waals surface area contributed by atoms with Crippen molar-refractivity contribution in [3.05, 3.63) is 47.8 Å². The van der Waals surface area contributed by atoms with Crippen molar-refractivity contribution in [2.24, 2.45) is 0 Å². The minimum atomic E-state index is -3.90. The standard InChI is InChI=1S/C18H18N6O5S2/c1-10-7-11(2)20-17(19-10)24-31(28,29)13-5-3-12(4-6-13)21-16(27)9-30-18-22-14(25)8-15(26)23-18/h3-8H,9H2,1-2H3,(H,21,27)(H,19,20,24)(H2,22,23,25,26). The Hall–Kier alpha value is -3.45. The average Bonchev–Trinajstić information content (AvgIpc) is 2.65. The fourth-order valence-corrected chi connectivity index (χ4v) is 4.05. The summed E-state index contributed by atoms with van der Waals surface area (Å²) in [5, 5.41) is 21.3. The third-order valence-corrected chi connectivity index (χ3v) is 5.86. The monoisotopic (exact) mass is 462 g/mol. The molecule has 2 aromatic heterocycles. The molecular weight excluding hydrogens is 444 g/mol. The summed E-state index contributed by atoms with van der Waals surface area (Å²) in [6.45, 7) is 3.47. The van der Waals surface area contributed by atoms with Gasteiger partial charge in [0.2, 0.25) is 23.6 Å². The van der Waals surface area contributed by atoms with E-state index in [0.29, 0.717) is 17.1 Å². The van der Waals surface area contributed by atoms with E-state index in [1.807, 2.05) is 0 Å². The van der Waals surface area contributed by atoms with Crippen LogP contribution in [0.15, 0.2) is 46.5 Å². The van der Waals surface area contributed by atoms with E-state index in [9.17, 15) is 23.4 Å². The first-order chi connectivity index (χ1) is 14.6. The van der Waals surface area contributed by atoms with E-state index >= 15 is 0 Å². The van der Waals surface area contributed by atoms with Gasteiger partial charge in [0.25, 0.3) is 10.0 Å². The molecule has 0 unspecified atom stereocenters. The van der Waals surface area contributed by atoms with Gasteiger partial charge in [-0.05, 0) is 44.2 Å². The fraction of sp³-hybridized carbons (Fsp3) is 0.167. The van der Waals surface area contributed by atoms with Crippen molar-refractivity contribution >= 4 is 39.3 Å². The number of carbonyl (C=O) groups is 1. The van der Waals surface area contributed by atoms with Gasteiger partial charge in [0, 0.05) is 17.1 Å². The molecule has 1 amide bonds. The van der Waals surface area contributed by atoms with Crippen LogP contribution in [0.1, 0.15) is 11.4 Å². The van der Waals surface area contributed by atoms with Crippen LogP contribution in [-0.2, 0) is 14.8 Å². The maximum atomic E-state index is 12.5. The Morgan fingerprint density at radius 1 is 0.968 bits per heavy atom. The minimum Gasteiger partial charge on any atom is -0.493 e. The predicted molar refractivity (Wildman–Crippen MR) is 113 cm³/mol. The number of rotatable bonds is 7. The first-order valence-electron chi connectivity index (χ1n) is 8.75. The molecule has 2 heterocycles. The van der Waals surface area contributed by atoms with Crippen LogP contribution in [0.3, 0.4) is 0 Å². The lowest BCUT2D eigenvalue weighted by atomic mass is 10.3. The molecule has 162 valence electrons. The third-order valence-electron chi connectivity index (χ3n) is 3.67. The Balaban J connectivity index is 1.61. The van der Waals surface area contributed by atoms with Crippen LogP contribution in [-0.4, -0.2) is 50.2 Å². The molecule has 0 bridgehead atoms. The molecule has 0 saturated heterocycles. The topological polar surface area (TPSA) is 167 Å². The smallest absolute Gasteiger partial charge is 0.264 e. The number of benzene rings is 1. The van der Waals surface area contributed by atoms with Crippen molar-refractivity contribution in [2.45, 2.75) is 23.9 Å². The van der Waals surface area contributed by atoms with Crippen LogP contribution in [0.4, 0.5) is 11.6 Å². The summed E-state index contributed by atoms with van der Waals surface area (Å²) in [4.78, 5) is 27.5. The summed E-state index contributed by atoms with van der Waals surface area (Å²) in [5.41, 5.74) is 1.65. The number of aromatic hydroxyl groups is 2. The highest BCUT2D eigenvalue weighted by Gasteiger charge is 2.16. The molecule has 0 atom stereocenters. The van der Waals surface area contributed by atoms with Crippen molar-refractivity contribution < 1.29 is 23.4 Å². The molecule has 4 N–H and O–H groups in total. The highest BCUT2D eigenvalue weighted by molar-refractivity contribution is 7.99. The van der Waals surface area contributed by atoms with E-state index in [-0.39, 0.29) is 21.8 Å². The molecule has 3 aromatic rings. The molecule has 0 aliphatic heterocycles. The first kappa shape index (κ1) is 22.2. The molecule has 31 heavy (non-hydrogen) atoms. The molecule has 13 heteroatoms. The number of nitrogens with zero attached hydrogens (tertiary/aromatic N) is 4. The average molecular weight is 463 g/mol. The summed E-state index contributed by atoms with van der Waals surface area (Å²) in [6, 6.07) is 8.25. The SMILES string of the molecule is Cc1cc(C)nc(NS(=O)(=O)c2ccc(NC(=O)CSc3nc(O)cc(O)n3)cc2)n1. The van der Waals surface area contributed by atoms with Gasteiger partial charge in [0.05, 0.1) is 16.7 Å². The van der Waals surface area contributed by atoms with Crippen molar-refractivity contribution in [1.29, 1.82) is 0 Å². The fourth-order valence-electron chi connectivity index (χ4n) is 2.46. The van der Waals surface area contributed by atoms with Gasteiger partial charge in [-0.3, -0.25) is 4.79 Å². The first-order valence-corrected chi connectivity index (χ1v) is 11.2. The molecule has 0 spiro atoms. The Labute approximate surface area is 182 Å². The van der Waals surface area contributed by atoms with E-state index in [4.69, 9.17) is 0 Å². The highest BCUT2D eigenvalue weighted by atomic mass is 32.2. The summed E-state index contributed by atoms with van der Waals surface area (Å²) in [7, 11) is -3.90. The number of hydrogen-bond donors (Lipinski definition) is 4. The number of amides is 1. The number of aryl methyl sites for hydroxylation is 2. The molecule has 11 nitrogen and oxygen atoms in total. The summed E-state index contributed by atoms with van der Waals surface area (Å²) < 4.78 is 27.4. The van der Waals surface area contributed by atoms with Gasteiger partial charge in [-0.15, -0.1) is 0 Å². The number of nitrogens with one attached hydrogen (secondary N) is 2. The third kappa shape index (κ3) is 6.26. The zero-order chi connectivity index (χ0) is 22.6. The van der Waals surface area contributed by atoms with E-state index in [0.717, 1.165) is 17.8 Å². The zero-order valence-corrected chi connectivity index (χ0v) is 18.0. The molecule has 0 saturated carbocycles. The molecule has 0 aliphatic rings. The summed E-state index contributed by atoms with van der Waals surface area (Å²) >= 11 is 0.913. The lowest BCUT2D eigenvalue weighted by molar-refractivity contribution is -0.113. The van der Waals surface area contributed by atoms with E-state index in [2.05, 4.69) is 30.0 Å².